The summed E-state index contributed by atoms with van der Waals surface area (Å²) in [5.74, 6) is -0.707. The van der Waals surface area contributed by atoms with Gasteiger partial charge in [0.1, 0.15) is 0 Å². The van der Waals surface area contributed by atoms with Crippen LogP contribution in [0.1, 0.15) is 28.5 Å². The summed E-state index contributed by atoms with van der Waals surface area (Å²) in [5.41, 5.74) is 5.35. The van der Waals surface area contributed by atoms with E-state index in [9.17, 15) is 9.59 Å². The third kappa shape index (κ3) is 2.99. The minimum atomic E-state index is -0.498. The topological polar surface area (TPSA) is 46.6 Å². The van der Waals surface area contributed by atoms with Crippen molar-refractivity contribution in [2.24, 2.45) is 0 Å². The molecule has 0 spiro atoms. The molecule has 0 fully saturated rings. The third-order valence-corrected chi connectivity index (χ3v) is 5.68. The van der Waals surface area contributed by atoms with Crippen LogP contribution in [0.25, 0.3) is 6.08 Å². The number of nitrogens with zero attached hydrogens (tertiary/aromatic N) is 1. The molecule has 0 aliphatic carbocycles. The van der Waals surface area contributed by atoms with Crippen molar-refractivity contribution in [3.8, 4) is 0 Å². The van der Waals surface area contributed by atoms with Crippen LogP contribution >= 0.6 is 11.3 Å². The van der Waals surface area contributed by atoms with Crippen molar-refractivity contribution in [2.45, 2.75) is 27.7 Å². The smallest absolute Gasteiger partial charge is 0.340 e. The van der Waals surface area contributed by atoms with Gasteiger partial charge >= 0.3 is 5.97 Å². The molecule has 0 atom stereocenters. The maximum atomic E-state index is 13.2. The van der Waals surface area contributed by atoms with E-state index in [0.717, 1.165) is 27.3 Å². The molecule has 0 unspecified atom stereocenters. The van der Waals surface area contributed by atoms with Gasteiger partial charge in [0.15, 0.2) is 0 Å². The molecule has 1 aromatic heterocycles. The van der Waals surface area contributed by atoms with Gasteiger partial charge in [-0.15, -0.1) is 11.3 Å². The minimum Gasteiger partial charge on any atom is -0.465 e. The second kappa shape index (κ2) is 6.92. The maximum Gasteiger partial charge on any atom is 0.340 e. The van der Waals surface area contributed by atoms with E-state index >= 15 is 0 Å². The summed E-state index contributed by atoms with van der Waals surface area (Å²) in [6, 6.07) is 7.84. The van der Waals surface area contributed by atoms with Crippen LogP contribution in [0.5, 0.6) is 0 Å². The lowest BCUT2D eigenvalue weighted by atomic mass is 10.1. The van der Waals surface area contributed by atoms with Gasteiger partial charge in [-0.3, -0.25) is 9.69 Å². The van der Waals surface area contributed by atoms with E-state index in [1.165, 1.54) is 7.11 Å². The number of anilines is 1. The summed E-state index contributed by atoms with van der Waals surface area (Å²) in [4.78, 5) is 28.1. The molecule has 4 nitrogen and oxygen atoms in total. The lowest BCUT2D eigenvalue weighted by molar-refractivity contribution is -0.136. The first-order valence-corrected chi connectivity index (χ1v) is 9.20. The van der Waals surface area contributed by atoms with Crippen molar-refractivity contribution >= 4 is 35.0 Å². The van der Waals surface area contributed by atoms with E-state index in [1.54, 1.807) is 29.2 Å². The van der Waals surface area contributed by atoms with Crippen LogP contribution in [0.4, 0.5) is 5.69 Å². The van der Waals surface area contributed by atoms with Gasteiger partial charge in [-0.1, -0.05) is 6.07 Å². The molecule has 2 aromatic rings. The molecule has 0 bridgehead atoms. The number of methoxy groups -OCH3 is 1. The number of amides is 1. The summed E-state index contributed by atoms with van der Waals surface area (Å²) >= 11 is 1.54. The predicted octanol–water partition coefficient (Wildman–Crippen LogP) is 4.55. The van der Waals surface area contributed by atoms with E-state index in [2.05, 4.69) is 0 Å². The Morgan fingerprint density at radius 1 is 1.08 bits per heavy atom. The zero-order chi connectivity index (χ0) is 19.0. The zero-order valence-corrected chi connectivity index (χ0v) is 16.4. The van der Waals surface area contributed by atoms with Crippen LogP contribution in [0.3, 0.4) is 0 Å². The number of esters is 1. The van der Waals surface area contributed by atoms with Gasteiger partial charge in [-0.25, -0.2) is 4.79 Å². The number of carbonyl (C=O) groups excluding carboxylic acids is 2. The van der Waals surface area contributed by atoms with Crippen LogP contribution < -0.4 is 4.90 Å². The average Bonchev–Trinajstić information content (AvgIpc) is 3.12. The van der Waals surface area contributed by atoms with Crippen molar-refractivity contribution in [2.75, 3.05) is 12.0 Å². The van der Waals surface area contributed by atoms with E-state index < -0.39 is 5.97 Å². The Labute approximate surface area is 157 Å². The molecule has 1 aromatic carbocycles. The first-order valence-electron chi connectivity index (χ1n) is 8.32. The monoisotopic (exact) mass is 367 g/mol. The summed E-state index contributed by atoms with van der Waals surface area (Å²) in [6.07, 6.45) is 1.79. The number of aryl methyl sites for hydroxylation is 3. The molecule has 1 aliphatic heterocycles. The summed E-state index contributed by atoms with van der Waals surface area (Å²) < 4.78 is 4.95. The van der Waals surface area contributed by atoms with Gasteiger partial charge in [-0.2, -0.15) is 0 Å². The highest BCUT2D eigenvalue weighted by atomic mass is 32.1. The fourth-order valence-electron chi connectivity index (χ4n) is 3.02. The Morgan fingerprint density at radius 3 is 2.38 bits per heavy atom. The van der Waals surface area contributed by atoms with Gasteiger partial charge in [0, 0.05) is 16.3 Å². The predicted molar refractivity (Wildman–Crippen MR) is 105 cm³/mol. The van der Waals surface area contributed by atoms with Crippen LogP contribution in [0.2, 0.25) is 0 Å². The van der Waals surface area contributed by atoms with E-state index in [-0.39, 0.29) is 5.91 Å². The Kier molecular flexibility index (Phi) is 4.83. The van der Waals surface area contributed by atoms with Crippen molar-refractivity contribution in [3.63, 3.8) is 0 Å². The van der Waals surface area contributed by atoms with Gasteiger partial charge in [0.05, 0.1) is 18.3 Å². The first-order chi connectivity index (χ1) is 12.3. The molecule has 0 saturated heterocycles. The van der Waals surface area contributed by atoms with Gasteiger partial charge in [0.2, 0.25) is 0 Å². The molecule has 2 heterocycles. The number of allylic oxidation sites excluding steroid dienone is 1. The highest BCUT2D eigenvalue weighted by Crippen LogP contribution is 2.36. The average molecular weight is 367 g/mol. The van der Waals surface area contributed by atoms with Gasteiger partial charge in [-0.05, 0) is 74.0 Å². The third-order valence-electron chi connectivity index (χ3n) is 4.72. The Morgan fingerprint density at radius 2 is 1.81 bits per heavy atom. The molecule has 0 N–H and O–H groups in total. The van der Waals surface area contributed by atoms with Gasteiger partial charge in [0.25, 0.3) is 5.91 Å². The molecule has 134 valence electrons. The highest BCUT2D eigenvalue weighted by Gasteiger charge is 2.38. The molecular formula is C21H21NO3S. The van der Waals surface area contributed by atoms with Crippen LogP contribution in [-0.4, -0.2) is 19.0 Å². The molecule has 1 amide bonds. The fourth-order valence-corrected chi connectivity index (χ4v) is 3.88. The van der Waals surface area contributed by atoms with Crippen LogP contribution in [0.15, 0.2) is 46.5 Å². The lowest BCUT2D eigenvalue weighted by Gasteiger charge is -2.19. The number of ether oxygens (including phenoxy) is 1. The van der Waals surface area contributed by atoms with E-state index in [1.807, 2.05) is 50.4 Å². The second-order valence-electron chi connectivity index (χ2n) is 6.39. The SMILES string of the molecule is COC(=O)C1=C(C)N(c2ccc(C)c(C)c2)C(=O)/C1=C\c1sccc1C. The molecule has 5 heteroatoms. The van der Waals surface area contributed by atoms with Crippen molar-refractivity contribution in [3.05, 3.63) is 68.1 Å². The fraction of sp³-hybridized carbons (Fsp3) is 0.238. The first kappa shape index (κ1) is 18.1. The standard InChI is InChI=1S/C21H21NO3S/c1-12-6-7-16(10-14(12)3)22-15(4)19(21(24)25-5)17(20(22)23)11-18-13(2)8-9-26-18/h6-11H,1-5H3/b17-11-. The van der Waals surface area contributed by atoms with Gasteiger partial charge < -0.3 is 4.74 Å². The minimum absolute atomic E-state index is 0.209. The number of hydrogen-bond donors (Lipinski definition) is 0. The summed E-state index contributed by atoms with van der Waals surface area (Å²) in [6.45, 7) is 7.79. The quantitative estimate of drug-likeness (QED) is 0.591. The van der Waals surface area contributed by atoms with Crippen molar-refractivity contribution in [1.82, 2.24) is 0 Å². The highest BCUT2D eigenvalue weighted by molar-refractivity contribution is 7.11. The van der Waals surface area contributed by atoms with Crippen LogP contribution in [-0.2, 0) is 14.3 Å². The van der Waals surface area contributed by atoms with Crippen molar-refractivity contribution in [1.29, 1.82) is 0 Å². The Hall–Kier alpha value is -2.66. The molecule has 1 aliphatic rings. The van der Waals surface area contributed by atoms with Crippen LogP contribution in [0, 0.1) is 20.8 Å². The normalized spacial score (nSPS) is 16.0. The largest absolute Gasteiger partial charge is 0.465 e. The number of thiophene rings is 1. The maximum absolute atomic E-state index is 13.2. The Balaban J connectivity index is 2.16. The van der Waals surface area contributed by atoms with E-state index in [4.69, 9.17) is 4.74 Å². The van der Waals surface area contributed by atoms with Crippen molar-refractivity contribution < 1.29 is 14.3 Å². The van der Waals surface area contributed by atoms with E-state index in [0.29, 0.717) is 16.8 Å². The molecule has 0 radical (unpaired) electrons. The Bertz CT molecular complexity index is 965. The summed E-state index contributed by atoms with van der Waals surface area (Å²) in [5, 5.41) is 1.97. The number of hydrogen-bond acceptors (Lipinski definition) is 4. The molecular weight excluding hydrogens is 346 g/mol. The molecule has 3 rings (SSSR count). The summed E-state index contributed by atoms with van der Waals surface area (Å²) in [7, 11) is 1.33. The number of benzene rings is 1. The second-order valence-corrected chi connectivity index (χ2v) is 7.33. The zero-order valence-electron chi connectivity index (χ0n) is 15.5. The molecule has 26 heavy (non-hydrogen) atoms. The lowest BCUT2D eigenvalue weighted by Crippen LogP contribution is -2.24. The number of carbonyl (C=O) groups is 2. The number of rotatable bonds is 3. The molecule has 0 saturated carbocycles.